The van der Waals surface area contributed by atoms with Crippen LogP contribution in [0, 0.1) is 11.8 Å². The van der Waals surface area contributed by atoms with E-state index in [0.717, 1.165) is 22.6 Å². The highest BCUT2D eigenvalue weighted by atomic mass is 32.1. The maximum absolute atomic E-state index is 11.2. The minimum atomic E-state index is 0.0590. The van der Waals surface area contributed by atoms with Crippen molar-refractivity contribution in [3.05, 3.63) is 296 Å². The van der Waals surface area contributed by atoms with Gasteiger partial charge >= 0.3 is 0 Å². The zero-order chi connectivity index (χ0) is 78.5. The number of thiazole rings is 1. The summed E-state index contributed by atoms with van der Waals surface area (Å²) >= 11 is 5.20. The van der Waals surface area contributed by atoms with Gasteiger partial charge < -0.3 is 43.0 Å². The second-order valence-corrected chi connectivity index (χ2v) is 30.8. The minimum Gasteiger partial charge on any atom is -0.472 e. The van der Waals surface area contributed by atoms with Crippen LogP contribution in [0.15, 0.2) is 249 Å². The summed E-state index contributed by atoms with van der Waals surface area (Å²) < 4.78 is 19.0. The first-order valence-electron chi connectivity index (χ1n) is 36.9. The third-order valence-electron chi connectivity index (χ3n) is 15.3. The first-order valence-corrected chi connectivity index (χ1v) is 39.6. The predicted molar refractivity (Wildman–Crippen MR) is 450 cm³/mol. The number of thiophene rings is 2. The summed E-state index contributed by atoms with van der Waals surface area (Å²) in [4.78, 5) is 37.7. The highest BCUT2D eigenvalue weighted by Gasteiger charge is 2.08. The number of rotatable bonds is 15. The largest absolute Gasteiger partial charge is 0.472 e. The van der Waals surface area contributed by atoms with Crippen LogP contribution in [0.1, 0.15) is 267 Å². The van der Waals surface area contributed by atoms with Gasteiger partial charge in [-0.15, -0.1) is 22.7 Å². The van der Waals surface area contributed by atoms with Crippen molar-refractivity contribution in [3.8, 4) is 0 Å². The van der Waals surface area contributed by atoms with E-state index >= 15 is 0 Å². The van der Waals surface area contributed by atoms with Gasteiger partial charge in [-0.2, -0.15) is 11.3 Å². The monoisotopic (exact) mass is 1490 g/mol. The summed E-state index contributed by atoms with van der Waals surface area (Å²) in [7, 11) is 4.13. The molecule has 10 aromatic heterocycles. The normalized spacial score (nSPS) is 10.2. The number of hydrogen-bond donors (Lipinski definition) is 4. The van der Waals surface area contributed by atoms with E-state index in [1.54, 1.807) is 59.4 Å². The summed E-state index contributed by atoms with van der Waals surface area (Å²) in [5.41, 5.74) is 13.3. The van der Waals surface area contributed by atoms with Crippen LogP contribution in [0.5, 0.6) is 0 Å². The van der Waals surface area contributed by atoms with Crippen LogP contribution < -0.4 is 10.6 Å². The molecule has 0 aliphatic carbocycles. The molecule has 0 saturated heterocycles. The van der Waals surface area contributed by atoms with Crippen molar-refractivity contribution in [1.29, 1.82) is 0 Å². The zero-order valence-electron chi connectivity index (χ0n) is 67.8. The number of nitrogens with zero attached hydrogens (tertiary/aromatic N) is 4. The van der Waals surface area contributed by atoms with Gasteiger partial charge in [0.05, 0.1) is 30.0 Å². The van der Waals surface area contributed by atoms with Gasteiger partial charge in [0.2, 0.25) is 11.8 Å². The molecular weight excluding hydrogens is 1360 g/mol. The average molecular weight is 1490 g/mol. The number of carbonyl (C=O) groups excluding carboxylic acids is 2. The molecule has 10 heterocycles. The lowest BCUT2D eigenvalue weighted by molar-refractivity contribution is -0.124. The van der Waals surface area contributed by atoms with E-state index in [2.05, 4.69) is 255 Å². The molecule has 12 aromatic rings. The first kappa shape index (κ1) is 94.3. The highest BCUT2D eigenvalue weighted by molar-refractivity contribution is 7.10. The fraction of sp³-hybridized carbons (Fsp3) is 0.416. The number of oxazole rings is 1. The number of aryl methyl sites for hydroxylation is 2. The number of benzene rings is 2. The lowest BCUT2D eigenvalue weighted by Crippen LogP contribution is -2.26. The number of amides is 2. The van der Waals surface area contributed by atoms with Crippen molar-refractivity contribution in [1.82, 2.24) is 39.7 Å². The molecular formula is C89H130N8O5S3. The summed E-state index contributed by atoms with van der Waals surface area (Å²) in [5, 5.41) is 14.1. The van der Waals surface area contributed by atoms with Crippen molar-refractivity contribution in [2.75, 3.05) is 0 Å². The topological polar surface area (TPSA) is 165 Å². The SMILES string of the molecule is CC(C)C(=O)NCc1ccccc1.CC(C)C(=O)NCc1ccccc1.CC(C)c1cc[nH]c1.CC(C)c1ccc[nH]1.CC(C)c1cccn1C.CC(C)c1ccco1.CC(C)c1cccs1.CC(C)c1ccn(C)c1.CC(C)c1ccoc1.CC(C)c1ccsc1.CC(C)c1cocn1.c1cscn1. The molecule has 0 fully saturated rings. The molecule has 0 spiro atoms. The molecule has 0 aliphatic heterocycles. The predicted octanol–water partition coefficient (Wildman–Crippen LogP) is 26.0. The van der Waals surface area contributed by atoms with Gasteiger partial charge in [0, 0.05) is 110 Å². The van der Waals surface area contributed by atoms with E-state index in [4.69, 9.17) is 13.3 Å². The zero-order valence-corrected chi connectivity index (χ0v) is 70.3. The second kappa shape index (κ2) is 56.7. The Hall–Kier alpha value is -8.70. The Bertz CT molecular complexity index is 3310. The van der Waals surface area contributed by atoms with Gasteiger partial charge in [0.1, 0.15) is 12.0 Å². The van der Waals surface area contributed by atoms with Crippen LogP contribution in [0.2, 0.25) is 0 Å². The van der Waals surface area contributed by atoms with Crippen molar-refractivity contribution >= 4 is 45.8 Å². The molecule has 574 valence electrons. The van der Waals surface area contributed by atoms with Crippen molar-refractivity contribution < 1.29 is 22.8 Å². The fourth-order valence-corrected chi connectivity index (χ4v) is 10.4. The summed E-state index contributed by atoms with van der Waals surface area (Å²) in [6, 6.07) is 44.8. The van der Waals surface area contributed by atoms with E-state index in [1.807, 2.05) is 155 Å². The van der Waals surface area contributed by atoms with Gasteiger partial charge in [0.15, 0.2) is 6.39 Å². The van der Waals surface area contributed by atoms with Crippen LogP contribution in [-0.4, -0.2) is 40.9 Å². The molecule has 0 atom stereocenters. The molecule has 0 saturated carbocycles. The third-order valence-corrected chi connectivity index (χ3v) is 17.7. The minimum absolute atomic E-state index is 0.0590. The molecule has 105 heavy (non-hydrogen) atoms. The molecule has 0 unspecified atom stereocenters. The standard InChI is InChI=1S/2C11H15NO.2C8H13N.2C7H11N.2C7H10O.2C7H10S.C6H9NO.C3H3NS/c2*1-9(2)11(13)12-8-10-6-4-3-5-7-10;1-7(2)8-4-5-9(3)6-8;1-7(2)8-5-4-6-9(8)3;1-6(2)7-3-4-8-5-7;1-6(2)7-4-3-5-8-7;1-6(2)7-3-4-8-5-7;1-6(2)7-4-3-5-8-7;1-6(2)7-3-4-8-5-7;1-6(2)7-4-3-5-8-7;1-5(2)6-3-8-4-7-6;1-2-5-3-4-1/h2*3-7,9H,8H2,1-2H3,(H,12,13);2*4-7H,1-3H3;2*3-6,8H,1-2H3;4*3-6H,1-2H3;3-5H,1-2H3;1-3H. The molecule has 0 bridgehead atoms. The molecule has 12 rings (SSSR count). The Morgan fingerprint density at radius 3 is 1.34 bits per heavy atom. The van der Waals surface area contributed by atoms with E-state index in [9.17, 15) is 9.59 Å². The molecule has 2 amide bonds. The molecule has 0 radical (unpaired) electrons. The Morgan fingerprint density at radius 1 is 0.486 bits per heavy atom. The number of aromatic amines is 2. The van der Waals surface area contributed by atoms with E-state index in [1.165, 1.54) is 44.9 Å². The summed E-state index contributed by atoms with van der Waals surface area (Å²) in [6.07, 6.45) is 22.3. The van der Waals surface area contributed by atoms with Crippen LogP contribution in [0.25, 0.3) is 0 Å². The van der Waals surface area contributed by atoms with E-state index in [-0.39, 0.29) is 23.7 Å². The first-order chi connectivity index (χ1) is 49.9. The Kier molecular flexibility index (Phi) is 50.9. The van der Waals surface area contributed by atoms with Crippen molar-refractivity contribution in [2.24, 2.45) is 25.9 Å². The summed E-state index contributed by atoms with van der Waals surface area (Å²) in [5.74, 6) is 6.95. The number of aromatic nitrogens is 6. The quantitative estimate of drug-likeness (QED) is 0.0793. The molecule has 0 aliphatic rings. The molecule has 2 aromatic carbocycles. The number of furan rings is 2. The highest BCUT2D eigenvalue weighted by Crippen LogP contribution is 2.20. The molecule has 4 N–H and O–H groups in total. The van der Waals surface area contributed by atoms with Gasteiger partial charge in [-0.3, -0.25) is 14.6 Å². The number of H-pyrrole nitrogens is 2. The van der Waals surface area contributed by atoms with Gasteiger partial charge in [-0.05, 0) is 164 Å². The van der Waals surface area contributed by atoms with Gasteiger partial charge in [-0.1, -0.05) is 219 Å². The second-order valence-electron chi connectivity index (χ2n) is 28.3. The van der Waals surface area contributed by atoms with Crippen LogP contribution in [0.3, 0.4) is 0 Å². The van der Waals surface area contributed by atoms with Crippen LogP contribution in [0.4, 0.5) is 0 Å². The number of hydrogen-bond acceptors (Lipinski definition) is 10. The molecule has 16 heteroatoms. The smallest absolute Gasteiger partial charge is 0.222 e. The maximum atomic E-state index is 11.2. The summed E-state index contributed by atoms with van der Waals surface area (Å²) in [6.45, 7) is 47.8. The molecule has 13 nitrogen and oxygen atoms in total. The van der Waals surface area contributed by atoms with Crippen molar-refractivity contribution in [2.45, 2.75) is 219 Å². The Labute approximate surface area is 645 Å². The average Bonchev–Trinajstić information content (AvgIpc) is 1.82. The number of carbonyl (C=O) groups is 2. The maximum Gasteiger partial charge on any atom is 0.222 e. The fourth-order valence-electron chi connectivity index (χ4n) is 8.45. The Balaban J connectivity index is 0.000000576. The van der Waals surface area contributed by atoms with Gasteiger partial charge in [-0.25, -0.2) is 4.98 Å². The van der Waals surface area contributed by atoms with Crippen molar-refractivity contribution in [3.63, 3.8) is 0 Å². The van der Waals surface area contributed by atoms with Gasteiger partial charge in [0.25, 0.3) is 0 Å². The van der Waals surface area contributed by atoms with Crippen LogP contribution in [-0.2, 0) is 36.8 Å². The van der Waals surface area contributed by atoms with E-state index in [0.29, 0.717) is 66.4 Å². The lowest BCUT2D eigenvalue weighted by Gasteiger charge is -2.06. The lowest BCUT2D eigenvalue weighted by atomic mass is 10.1. The Morgan fingerprint density at radius 2 is 1.10 bits per heavy atom. The van der Waals surface area contributed by atoms with Crippen LogP contribution >= 0.6 is 34.0 Å². The van der Waals surface area contributed by atoms with E-state index < -0.39 is 0 Å². The third kappa shape index (κ3) is 46.0. The number of nitrogens with one attached hydrogen (secondary N) is 4.